The van der Waals surface area contributed by atoms with Crippen molar-refractivity contribution < 1.29 is 13.2 Å². The number of piperazine rings is 1. The first kappa shape index (κ1) is 31.8. The van der Waals surface area contributed by atoms with E-state index in [1.54, 1.807) is 12.3 Å². The molecule has 0 bridgehead atoms. The molecule has 4 aromatic rings. The van der Waals surface area contributed by atoms with Crippen molar-refractivity contribution in [2.45, 2.75) is 34.1 Å². The van der Waals surface area contributed by atoms with Crippen LogP contribution in [-0.2, 0) is 0 Å². The molecule has 1 aliphatic heterocycles. The van der Waals surface area contributed by atoms with Crippen LogP contribution in [0.5, 0.6) is 0 Å². The minimum Gasteiger partial charge on any atom is -0.353 e. The summed E-state index contributed by atoms with van der Waals surface area (Å²) in [6.07, 6.45) is 0.975. The summed E-state index contributed by atoms with van der Waals surface area (Å²) in [7, 11) is 0.500. The third kappa shape index (κ3) is 7.59. The lowest BCUT2D eigenvalue weighted by Crippen LogP contribution is -2.47. The highest BCUT2D eigenvalue weighted by Gasteiger charge is 2.24. The molecule has 0 spiro atoms. The number of rotatable bonds is 5. The SMILES string of the molecule is C#N.CC.CF.Cc1ccc(-c2cc(N3CCN(c4ncccc4C(F)F)CC3)nc(-n3cccc3C)n2)cc1. The first-order valence-electron chi connectivity index (χ1n) is 13.0. The third-order valence-electron chi connectivity index (χ3n) is 6.17. The van der Waals surface area contributed by atoms with E-state index >= 15 is 0 Å². The molecule has 0 unspecified atom stereocenters. The summed E-state index contributed by atoms with van der Waals surface area (Å²) in [5.74, 6) is 1.80. The maximum absolute atomic E-state index is 13.5. The zero-order chi connectivity index (χ0) is 29.7. The number of nitrogens with zero attached hydrogens (tertiary/aromatic N) is 7. The summed E-state index contributed by atoms with van der Waals surface area (Å²) in [6, 6.07) is 17.3. The van der Waals surface area contributed by atoms with E-state index < -0.39 is 6.43 Å². The smallest absolute Gasteiger partial charge is 0.267 e. The average molecular weight is 552 g/mol. The van der Waals surface area contributed by atoms with Gasteiger partial charge in [0.15, 0.2) is 0 Å². The van der Waals surface area contributed by atoms with Crippen LogP contribution in [-0.4, -0.2) is 52.9 Å². The van der Waals surface area contributed by atoms with Gasteiger partial charge in [0.25, 0.3) is 6.43 Å². The predicted molar refractivity (Wildman–Crippen MR) is 155 cm³/mol. The van der Waals surface area contributed by atoms with Crippen molar-refractivity contribution in [3.63, 3.8) is 0 Å². The highest BCUT2D eigenvalue weighted by molar-refractivity contribution is 5.64. The van der Waals surface area contributed by atoms with Gasteiger partial charge in [0.2, 0.25) is 5.95 Å². The number of aryl methyl sites for hydroxylation is 2. The number of pyridine rings is 1. The maximum atomic E-state index is 13.5. The van der Waals surface area contributed by atoms with Gasteiger partial charge in [-0.2, -0.15) is 4.98 Å². The summed E-state index contributed by atoms with van der Waals surface area (Å²) in [5, 5.41) is 6.50. The van der Waals surface area contributed by atoms with Crippen molar-refractivity contribution in [2.24, 2.45) is 0 Å². The van der Waals surface area contributed by atoms with Crippen LogP contribution in [0.2, 0.25) is 0 Å². The Balaban J connectivity index is 0.000000876. The molecule has 212 valence electrons. The first-order chi connectivity index (χ1) is 19.5. The number of aromatic nitrogens is 4. The molecule has 0 radical (unpaired) electrons. The van der Waals surface area contributed by atoms with Gasteiger partial charge in [0.05, 0.1) is 18.4 Å². The van der Waals surface area contributed by atoms with Crippen LogP contribution >= 0.6 is 0 Å². The number of anilines is 2. The summed E-state index contributed by atoms with van der Waals surface area (Å²) in [4.78, 5) is 18.1. The average Bonchev–Trinajstić information content (AvgIpc) is 3.46. The zero-order valence-corrected chi connectivity index (χ0v) is 23.6. The summed E-state index contributed by atoms with van der Waals surface area (Å²) in [6.45, 7) is 14.0. The summed E-state index contributed by atoms with van der Waals surface area (Å²) in [5.41, 5.74) is 4.08. The van der Waals surface area contributed by atoms with Crippen LogP contribution in [0.15, 0.2) is 67.0 Å². The Bertz CT molecular complexity index is 1330. The topological polar surface area (TPSA) is 73.9 Å². The molecule has 40 heavy (non-hydrogen) atoms. The van der Waals surface area contributed by atoms with Crippen LogP contribution < -0.4 is 9.80 Å². The van der Waals surface area contributed by atoms with Crippen LogP contribution in [0, 0.1) is 25.7 Å². The molecule has 5 rings (SSSR count). The van der Waals surface area contributed by atoms with Crippen molar-refractivity contribution in [1.29, 1.82) is 5.26 Å². The Morgan fingerprint density at radius 3 is 2.05 bits per heavy atom. The van der Waals surface area contributed by atoms with E-state index in [0.717, 1.165) is 22.8 Å². The zero-order valence-electron chi connectivity index (χ0n) is 23.6. The van der Waals surface area contributed by atoms with Gasteiger partial charge in [-0.25, -0.2) is 24.0 Å². The quantitative estimate of drug-likeness (QED) is 0.267. The summed E-state index contributed by atoms with van der Waals surface area (Å²) >= 11 is 0. The van der Waals surface area contributed by atoms with E-state index in [-0.39, 0.29) is 5.56 Å². The fourth-order valence-electron chi connectivity index (χ4n) is 4.25. The second-order valence-corrected chi connectivity index (χ2v) is 8.49. The van der Waals surface area contributed by atoms with Crippen LogP contribution in [0.4, 0.5) is 24.8 Å². The monoisotopic (exact) mass is 551 g/mol. The molecule has 1 saturated heterocycles. The molecule has 3 aromatic heterocycles. The molecule has 0 saturated carbocycles. The second-order valence-electron chi connectivity index (χ2n) is 8.49. The molecule has 0 aliphatic carbocycles. The number of benzene rings is 1. The molecular weight excluding hydrogens is 515 g/mol. The molecule has 1 aromatic carbocycles. The summed E-state index contributed by atoms with van der Waals surface area (Å²) < 4.78 is 38.4. The normalized spacial score (nSPS) is 12.4. The molecule has 1 aliphatic rings. The van der Waals surface area contributed by atoms with Gasteiger partial charge in [-0.05, 0) is 38.1 Å². The number of halogens is 3. The third-order valence-corrected chi connectivity index (χ3v) is 6.17. The van der Waals surface area contributed by atoms with Gasteiger partial charge < -0.3 is 9.80 Å². The van der Waals surface area contributed by atoms with E-state index in [2.05, 4.69) is 47.6 Å². The molecule has 7 nitrogen and oxygen atoms in total. The highest BCUT2D eigenvalue weighted by atomic mass is 19.3. The largest absolute Gasteiger partial charge is 0.353 e. The minimum atomic E-state index is -2.55. The van der Waals surface area contributed by atoms with Crippen molar-refractivity contribution in [3.05, 3.63) is 83.8 Å². The van der Waals surface area contributed by atoms with Gasteiger partial charge in [0.1, 0.15) is 11.6 Å². The van der Waals surface area contributed by atoms with E-state index in [0.29, 0.717) is 45.1 Å². The lowest BCUT2D eigenvalue weighted by atomic mass is 10.1. The first-order valence-corrected chi connectivity index (χ1v) is 13.0. The number of hydrogen-bond acceptors (Lipinski definition) is 6. The Morgan fingerprint density at radius 2 is 1.48 bits per heavy atom. The van der Waals surface area contributed by atoms with Gasteiger partial charge in [-0.15, -0.1) is 0 Å². The molecule has 0 atom stereocenters. The van der Waals surface area contributed by atoms with E-state index in [1.165, 1.54) is 11.6 Å². The number of alkyl halides is 3. The van der Waals surface area contributed by atoms with Crippen molar-refractivity contribution in [3.8, 4) is 23.8 Å². The molecule has 10 heteroatoms. The Kier molecular flexibility index (Phi) is 12.6. The van der Waals surface area contributed by atoms with Gasteiger partial charge in [-0.3, -0.25) is 8.96 Å². The van der Waals surface area contributed by atoms with E-state index in [4.69, 9.17) is 15.2 Å². The lowest BCUT2D eigenvalue weighted by molar-refractivity contribution is 0.151. The van der Waals surface area contributed by atoms with Gasteiger partial charge in [-0.1, -0.05) is 43.7 Å². The second kappa shape index (κ2) is 15.9. The Hall–Kier alpha value is -4.39. The van der Waals surface area contributed by atoms with Gasteiger partial charge in [0, 0.05) is 62.5 Å². The fourth-order valence-corrected chi connectivity index (χ4v) is 4.25. The molecule has 0 amide bonds. The molecule has 4 heterocycles. The molecule has 0 N–H and O–H groups in total. The van der Waals surface area contributed by atoms with Crippen molar-refractivity contribution in [2.75, 3.05) is 43.2 Å². The van der Waals surface area contributed by atoms with Crippen molar-refractivity contribution >= 4 is 11.6 Å². The predicted octanol–water partition coefficient (Wildman–Crippen LogP) is 6.96. The Morgan fingerprint density at radius 1 is 0.850 bits per heavy atom. The maximum Gasteiger partial charge on any atom is 0.267 e. The highest BCUT2D eigenvalue weighted by Crippen LogP contribution is 2.30. The lowest BCUT2D eigenvalue weighted by Gasteiger charge is -2.37. The van der Waals surface area contributed by atoms with Crippen LogP contribution in [0.1, 0.15) is 37.1 Å². The van der Waals surface area contributed by atoms with Crippen molar-refractivity contribution in [1.82, 2.24) is 19.5 Å². The molecule has 1 fully saturated rings. The van der Waals surface area contributed by atoms with Gasteiger partial charge >= 0.3 is 0 Å². The fraction of sp³-hybridized carbons (Fsp3) is 0.333. The van der Waals surface area contributed by atoms with Crippen LogP contribution in [0.25, 0.3) is 17.2 Å². The van der Waals surface area contributed by atoms with E-state index in [9.17, 15) is 13.2 Å². The Labute approximate surface area is 234 Å². The standard InChI is InChI=1S/C26H26F2N6.C2H6.CH3F.CHN/c1-18-7-9-20(10-8-18)22-17-23(31-26(30-22)34-12-4-5-19(34)2)32-13-15-33(16-14-32)25-21(24(27)28)6-3-11-29-25;3*1-2/h3-12,17,24H,13-16H2,1-2H3;1-2H3;1H3;1H. The minimum absolute atomic E-state index is 0.0231. The number of hydrogen-bond donors (Lipinski definition) is 0. The number of nitriles is 1. The molecular formula is C30H36F3N7. The van der Waals surface area contributed by atoms with E-state index in [1.807, 2.05) is 54.6 Å². The van der Waals surface area contributed by atoms with Crippen LogP contribution in [0.3, 0.4) is 0 Å².